The Morgan fingerprint density at radius 1 is 1.07 bits per heavy atom. The molecule has 2 aromatic carbocycles. The molecule has 28 heavy (non-hydrogen) atoms. The normalized spacial score (nSPS) is 15.6. The van der Waals surface area contributed by atoms with Crippen molar-refractivity contribution in [2.75, 3.05) is 25.0 Å². The Bertz CT molecular complexity index is 821. The molecule has 3 rings (SSSR count). The first kappa shape index (κ1) is 22.7. The number of nitriles is 1. The van der Waals surface area contributed by atoms with E-state index in [1.807, 2.05) is 19.1 Å². The van der Waals surface area contributed by atoms with E-state index in [0.717, 1.165) is 35.4 Å². The fourth-order valence-corrected chi connectivity index (χ4v) is 4.02. The fourth-order valence-electron chi connectivity index (χ4n) is 4.02. The number of hydrogen-bond donors (Lipinski definition) is 1. The van der Waals surface area contributed by atoms with Crippen molar-refractivity contribution in [2.45, 2.75) is 39.2 Å². The second-order valence-corrected chi connectivity index (χ2v) is 7.69. The molecule has 143 valence electrons. The molecule has 1 amide bonds. The Morgan fingerprint density at radius 3 is 2.39 bits per heavy atom. The smallest absolute Gasteiger partial charge is 0.279 e. The molecule has 2 aromatic rings. The van der Waals surface area contributed by atoms with Gasteiger partial charge in [0.25, 0.3) is 5.91 Å². The molecule has 1 aliphatic rings. The predicted molar refractivity (Wildman–Crippen MR) is 108 cm³/mol. The summed E-state index contributed by atoms with van der Waals surface area (Å²) >= 11 is 0. The number of aryl methyl sites for hydroxylation is 1. The Balaban J connectivity index is 0.00000280. The number of rotatable bonds is 5. The van der Waals surface area contributed by atoms with Crippen molar-refractivity contribution in [3.05, 3.63) is 65.2 Å². The summed E-state index contributed by atoms with van der Waals surface area (Å²) in [4.78, 5) is 12.9. The molecule has 0 unspecified atom stereocenters. The van der Waals surface area contributed by atoms with Gasteiger partial charge in [0.2, 0.25) is 0 Å². The summed E-state index contributed by atoms with van der Waals surface area (Å²) in [5.74, 6) is 0.0334. The van der Waals surface area contributed by atoms with Crippen LogP contribution in [0.15, 0.2) is 48.5 Å². The molecular formula is C23H28N3OY+. The van der Waals surface area contributed by atoms with E-state index in [1.165, 1.54) is 31.2 Å². The minimum absolute atomic E-state index is 0. The number of anilines is 1. The summed E-state index contributed by atoms with van der Waals surface area (Å²) < 4.78 is 0.812. The Hall–Kier alpha value is -1.54. The predicted octanol–water partition coefficient (Wildman–Crippen LogP) is 4.39. The third kappa shape index (κ3) is 6.24. The standard InChI is InChI=1S/C23H27N3O.Y/c1-19-11-12-21(16-24)15-22(19)25-23(27)18-26(13-7-2-3-8-14-26)17-20-9-5-4-6-10-20;/h4-6,9-12,15H,2-3,7-8,13-14,17-18H2,1H3;/p+1. The Labute approximate surface area is 193 Å². The quantitative estimate of drug-likeness (QED) is 0.686. The van der Waals surface area contributed by atoms with E-state index in [1.54, 1.807) is 12.1 Å². The van der Waals surface area contributed by atoms with Gasteiger partial charge in [-0.25, -0.2) is 0 Å². The van der Waals surface area contributed by atoms with Crippen molar-refractivity contribution in [3.8, 4) is 6.07 Å². The first-order chi connectivity index (χ1) is 13.1. The van der Waals surface area contributed by atoms with E-state index in [-0.39, 0.29) is 38.6 Å². The minimum atomic E-state index is 0. The molecule has 0 spiro atoms. The van der Waals surface area contributed by atoms with Crippen LogP contribution in [-0.2, 0) is 44.0 Å². The van der Waals surface area contributed by atoms with Crippen LogP contribution in [0.2, 0.25) is 0 Å². The van der Waals surface area contributed by atoms with Gasteiger partial charge in [0, 0.05) is 44.0 Å². The van der Waals surface area contributed by atoms with Crippen LogP contribution in [0.3, 0.4) is 0 Å². The summed E-state index contributed by atoms with van der Waals surface area (Å²) in [6.45, 7) is 5.41. The van der Waals surface area contributed by atoms with Gasteiger partial charge in [0.15, 0.2) is 6.54 Å². The number of nitrogens with zero attached hydrogens (tertiary/aromatic N) is 2. The van der Waals surface area contributed by atoms with Gasteiger partial charge in [-0.2, -0.15) is 5.26 Å². The molecule has 0 saturated carbocycles. The molecule has 0 aliphatic carbocycles. The molecule has 1 heterocycles. The number of nitrogens with one attached hydrogen (secondary N) is 1. The third-order valence-electron chi connectivity index (χ3n) is 5.50. The zero-order valence-corrected chi connectivity index (χ0v) is 19.5. The zero-order valence-electron chi connectivity index (χ0n) is 16.7. The van der Waals surface area contributed by atoms with Gasteiger partial charge in [-0.3, -0.25) is 4.79 Å². The van der Waals surface area contributed by atoms with Gasteiger partial charge in [-0.05, 0) is 50.3 Å². The van der Waals surface area contributed by atoms with Gasteiger partial charge in [0.1, 0.15) is 6.54 Å². The minimum Gasteiger partial charge on any atom is -0.321 e. The SMILES string of the molecule is Cc1ccc(C#N)cc1NC(=O)C[N+]1(Cc2ccccc2)CCCCCC1.[Y]. The van der Waals surface area contributed by atoms with Crippen LogP contribution in [-0.4, -0.2) is 30.0 Å². The average Bonchev–Trinajstić information content (AvgIpc) is 2.89. The summed E-state index contributed by atoms with van der Waals surface area (Å²) in [5, 5.41) is 12.2. The van der Waals surface area contributed by atoms with Gasteiger partial charge in [-0.15, -0.1) is 0 Å². The fraction of sp³-hybridized carbons (Fsp3) is 0.391. The topological polar surface area (TPSA) is 52.9 Å². The molecule has 1 aliphatic heterocycles. The second kappa shape index (κ2) is 10.9. The second-order valence-electron chi connectivity index (χ2n) is 7.69. The first-order valence-electron chi connectivity index (χ1n) is 9.80. The maximum atomic E-state index is 12.9. The molecule has 1 radical (unpaired) electrons. The van der Waals surface area contributed by atoms with E-state index >= 15 is 0 Å². The van der Waals surface area contributed by atoms with Crippen molar-refractivity contribution in [1.82, 2.24) is 0 Å². The molecule has 5 heteroatoms. The maximum Gasteiger partial charge on any atom is 0.279 e. The van der Waals surface area contributed by atoms with Crippen molar-refractivity contribution < 1.29 is 42.0 Å². The monoisotopic (exact) mass is 451 g/mol. The van der Waals surface area contributed by atoms with Crippen LogP contribution >= 0.6 is 0 Å². The van der Waals surface area contributed by atoms with Crippen LogP contribution in [0.25, 0.3) is 0 Å². The van der Waals surface area contributed by atoms with Gasteiger partial charge in [-0.1, -0.05) is 36.4 Å². The van der Waals surface area contributed by atoms with Crippen LogP contribution < -0.4 is 5.32 Å². The van der Waals surface area contributed by atoms with E-state index in [0.29, 0.717) is 12.1 Å². The molecule has 0 aromatic heterocycles. The molecular weight excluding hydrogens is 423 g/mol. The number of carbonyl (C=O) groups excluding carboxylic acids is 1. The molecule has 1 saturated heterocycles. The Kier molecular flexibility index (Phi) is 8.82. The maximum absolute atomic E-state index is 12.9. The zero-order chi connectivity index (χ0) is 19.1. The molecule has 1 fully saturated rings. The number of hydrogen-bond acceptors (Lipinski definition) is 2. The van der Waals surface area contributed by atoms with E-state index < -0.39 is 0 Å². The van der Waals surface area contributed by atoms with E-state index in [2.05, 4.69) is 35.7 Å². The van der Waals surface area contributed by atoms with Gasteiger partial charge < -0.3 is 9.80 Å². The third-order valence-corrected chi connectivity index (χ3v) is 5.50. The molecule has 4 nitrogen and oxygen atoms in total. The average molecular weight is 451 g/mol. The van der Waals surface area contributed by atoms with Crippen LogP contribution in [0.5, 0.6) is 0 Å². The molecule has 1 N–H and O–H groups in total. The first-order valence-corrected chi connectivity index (χ1v) is 9.80. The van der Waals surface area contributed by atoms with Crippen LogP contribution in [0.4, 0.5) is 5.69 Å². The van der Waals surface area contributed by atoms with Crippen LogP contribution in [0, 0.1) is 18.3 Å². The summed E-state index contributed by atoms with van der Waals surface area (Å²) in [5.41, 5.74) is 3.58. The van der Waals surface area contributed by atoms with Crippen molar-refractivity contribution in [3.63, 3.8) is 0 Å². The molecule has 0 atom stereocenters. The number of quaternary nitrogens is 1. The Morgan fingerprint density at radius 2 is 1.75 bits per heavy atom. The van der Waals surface area contributed by atoms with E-state index in [9.17, 15) is 4.79 Å². The summed E-state index contributed by atoms with van der Waals surface area (Å²) in [6.07, 6.45) is 4.84. The number of amides is 1. The summed E-state index contributed by atoms with van der Waals surface area (Å²) in [6, 6.07) is 18.1. The largest absolute Gasteiger partial charge is 0.321 e. The number of benzene rings is 2. The van der Waals surface area contributed by atoms with Gasteiger partial charge in [0.05, 0.1) is 24.7 Å². The van der Waals surface area contributed by atoms with Crippen LogP contribution in [0.1, 0.15) is 42.4 Å². The van der Waals surface area contributed by atoms with E-state index in [4.69, 9.17) is 5.26 Å². The molecule has 0 bridgehead atoms. The van der Waals surface area contributed by atoms with Gasteiger partial charge >= 0.3 is 0 Å². The van der Waals surface area contributed by atoms with Crippen molar-refractivity contribution >= 4 is 11.6 Å². The summed E-state index contributed by atoms with van der Waals surface area (Å²) in [7, 11) is 0. The van der Waals surface area contributed by atoms with Crippen molar-refractivity contribution in [2.24, 2.45) is 0 Å². The van der Waals surface area contributed by atoms with Crippen molar-refractivity contribution in [1.29, 1.82) is 5.26 Å². The number of carbonyl (C=O) groups is 1. The number of likely N-dealkylation sites (tertiary alicyclic amines) is 1.